The maximum absolute atomic E-state index is 3.43. The average molecular weight is 143 g/mol. The number of unbranched alkanes of at least 4 members (excludes halogenated alkanes) is 1. The summed E-state index contributed by atoms with van der Waals surface area (Å²) in [4.78, 5) is 0. The summed E-state index contributed by atoms with van der Waals surface area (Å²) in [6.45, 7) is 4.56. The minimum absolute atomic E-state index is 0.460. The lowest BCUT2D eigenvalue weighted by Gasteiger charge is -2.04. The molecule has 0 aromatic heterocycles. The molecule has 0 atom stereocenters. The highest BCUT2D eigenvalue weighted by molar-refractivity contribution is 6.55. The second kappa shape index (κ2) is 6.61. The quantitative estimate of drug-likeness (QED) is 0.580. The lowest BCUT2D eigenvalue weighted by molar-refractivity contribution is 0.860. The second-order valence-electron chi connectivity index (χ2n) is 2.54. The van der Waals surface area contributed by atoms with Crippen LogP contribution < -0.4 is 4.30 Å². The third-order valence-electron chi connectivity index (χ3n) is 1.81. The van der Waals surface area contributed by atoms with E-state index in [0.717, 1.165) is 0 Å². The molecule has 54 valence electrons. The first kappa shape index (κ1) is 9.49. The topological polar surface area (TPSA) is 12.0 Å². The SMILES string of the molecule is CCC[CH2][Al]([CH2]C)[NH]C. The van der Waals surface area contributed by atoms with Crippen LogP contribution in [0.3, 0.4) is 0 Å². The Labute approximate surface area is 63.4 Å². The highest BCUT2D eigenvalue weighted by Gasteiger charge is 2.10. The van der Waals surface area contributed by atoms with Gasteiger partial charge in [-0.3, -0.25) is 0 Å². The van der Waals surface area contributed by atoms with Gasteiger partial charge in [0.05, 0.1) is 0 Å². The zero-order valence-electron chi connectivity index (χ0n) is 6.91. The van der Waals surface area contributed by atoms with Gasteiger partial charge in [-0.15, -0.1) is 0 Å². The Balaban J connectivity index is 3.09. The highest BCUT2D eigenvalue weighted by Crippen LogP contribution is 2.01. The second-order valence-corrected chi connectivity index (χ2v) is 5.90. The fourth-order valence-electron chi connectivity index (χ4n) is 1.00. The molecular weight excluding hydrogens is 125 g/mol. The van der Waals surface area contributed by atoms with E-state index < -0.39 is 14.4 Å². The van der Waals surface area contributed by atoms with Crippen molar-refractivity contribution in [1.82, 2.24) is 4.30 Å². The summed E-state index contributed by atoms with van der Waals surface area (Å²) in [5, 5.41) is 2.88. The van der Waals surface area contributed by atoms with Crippen LogP contribution in [-0.2, 0) is 0 Å². The standard InChI is InChI=1S/C4H9.C2H5.CH4N.Al/c1-3-4-2;2*1-2;/h1,3-4H2,2H3;1H2,2H3;2H,1H3;/q;;-1;+1. The van der Waals surface area contributed by atoms with Gasteiger partial charge in [-0.1, -0.05) is 37.3 Å². The van der Waals surface area contributed by atoms with Gasteiger partial charge < -0.3 is 4.30 Å². The molecule has 0 aliphatic heterocycles. The summed E-state index contributed by atoms with van der Waals surface area (Å²) in [5.74, 6) is 0. The lowest BCUT2D eigenvalue weighted by atomic mass is 10.4. The molecule has 1 nitrogen and oxygen atoms in total. The van der Waals surface area contributed by atoms with Crippen LogP contribution in [0.15, 0.2) is 0 Å². The van der Waals surface area contributed by atoms with Crippen LogP contribution in [0, 0.1) is 0 Å². The summed E-state index contributed by atoms with van der Waals surface area (Å²) in [6, 6.07) is 0. The molecule has 0 saturated heterocycles. The third-order valence-corrected chi connectivity index (χ3v) is 4.71. The molecule has 0 saturated carbocycles. The molecule has 0 radical (unpaired) electrons. The van der Waals surface area contributed by atoms with E-state index in [9.17, 15) is 0 Å². The molecular formula is C7H18AlN. The van der Waals surface area contributed by atoms with E-state index in [1.54, 1.807) is 0 Å². The molecule has 9 heavy (non-hydrogen) atoms. The van der Waals surface area contributed by atoms with Crippen LogP contribution in [0.1, 0.15) is 26.7 Å². The Hall–Kier alpha value is 0.492. The van der Waals surface area contributed by atoms with Gasteiger partial charge >= 0.3 is 14.4 Å². The fourth-order valence-corrected chi connectivity index (χ4v) is 3.01. The maximum Gasteiger partial charge on any atom is 0.369 e. The van der Waals surface area contributed by atoms with Gasteiger partial charge in [0, 0.05) is 0 Å². The first-order valence-electron chi connectivity index (χ1n) is 4.02. The summed E-state index contributed by atoms with van der Waals surface area (Å²) in [6.07, 6.45) is 2.77. The van der Waals surface area contributed by atoms with E-state index in [1.807, 2.05) is 0 Å². The van der Waals surface area contributed by atoms with E-state index in [-0.39, 0.29) is 0 Å². The van der Waals surface area contributed by atoms with E-state index >= 15 is 0 Å². The fraction of sp³-hybridized carbons (Fsp3) is 1.00. The molecule has 0 aromatic rings. The first-order valence-corrected chi connectivity index (χ1v) is 6.23. The predicted molar refractivity (Wildman–Crippen MR) is 45.0 cm³/mol. The molecule has 0 aliphatic rings. The van der Waals surface area contributed by atoms with Crippen molar-refractivity contribution in [2.75, 3.05) is 7.05 Å². The van der Waals surface area contributed by atoms with Gasteiger partial charge in [-0.25, -0.2) is 0 Å². The van der Waals surface area contributed by atoms with Crippen molar-refractivity contribution in [2.24, 2.45) is 0 Å². The smallest absolute Gasteiger partial charge is 0.369 e. The molecule has 0 spiro atoms. The molecule has 0 amide bonds. The van der Waals surface area contributed by atoms with Gasteiger partial charge in [-0.2, -0.15) is 0 Å². The molecule has 0 fully saturated rings. The first-order chi connectivity index (χ1) is 4.35. The van der Waals surface area contributed by atoms with Crippen molar-refractivity contribution in [3.8, 4) is 0 Å². The average Bonchev–Trinajstić information content (AvgIpc) is 1.91. The number of hydrogen-bond donors (Lipinski definition) is 1. The van der Waals surface area contributed by atoms with Gasteiger partial charge in [0.15, 0.2) is 0 Å². The molecule has 2 heteroatoms. The van der Waals surface area contributed by atoms with Crippen molar-refractivity contribution in [3.05, 3.63) is 0 Å². The third kappa shape index (κ3) is 4.96. The van der Waals surface area contributed by atoms with Crippen LogP contribution in [0.5, 0.6) is 0 Å². The van der Waals surface area contributed by atoms with Crippen LogP contribution >= 0.6 is 0 Å². The summed E-state index contributed by atoms with van der Waals surface area (Å²) < 4.78 is 3.43. The molecule has 0 bridgehead atoms. The minimum atomic E-state index is -0.460. The van der Waals surface area contributed by atoms with Crippen molar-refractivity contribution >= 4 is 14.4 Å². The van der Waals surface area contributed by atoms with Crippen molar-refractivity contribution < 1.29 is 0 Å². The molecule has 0 aliphatic carbocycles. The summed E-state index contributed by atoms with van der Waals surface area (Å²) in [7, 11) is 2.11. The summed E-state index contributed by atoms with van der Waals surface area (Å²) >= 11 is -0.460. The zero-order chi connectivity index (χ0) is 7.11. The van der Waals surface area contributed by atoms with Crippen LogP contribution in [0.4, 0.5) is 0 Å². The Kier molecular flexibility index (Phi) is 6.97. The van der Waals surface area contributed by atoms with Crippen LogP contribution in [0.25, 0.3) is 0 Å². The Morgan fingerprint density at radius 1 is 1.33 bits per heavy atom. The molecule has 1 N–H and O–H groups in total. The number of rotatable bonds is 5. The van der Waals surface area contributed by atoms with Crippen molar-refractivity contribution in [3.63, 3.8) is 0 Å². The molecule has 0 aromatic carbocycles. The molecule has 0 heterocycles. The minimum Gasteiger partial charge on any atom is -0.401 e. The predicted octanol–water partition coefficient (Wildman–Crippen LogP) is 2.02. The Morgan fingerprint density at radius 3 is 2.33 bits per heavy atom. The largest absolute Gasteiger partial charge is 0.401 e. The van der Waals surface area contributed by atoms with Gasteiger partial charge in [0.1, 0.15) is 0 Å². The van der Waals surface area contributed by atoms with Crippen LogP contribution in [-0.4, -0.2) is 21.4 Å². The highest BCUT2D eigenvalue weighted by atomic mass is 27.2. The normalized spacial score (nSPS) is 9.67. The monoisotopic (exact) mass is 143 g/mol. The maximum atomic E-state index is 3.43. The van der Waals surface area contributed by atoms with E-state index in [0.29, 0.717) is 0 Å². The van der Waals surface area contributed by atoms with Gasteiger partial charge in [0.2, 0.25) is 0 Å². The van der Waals surface area contributed by atoms with Gasteiger partial charge in [-0.05, 0) is 7.05 Å². The number of hydrogen-bond acceptors (Lipinski definition) is 1. The van der Waals surface area contributed by atoms with Crippen LogP contribution in [0.2, 0.25) is 10.6 Å². The Morgan fingerprint density at radius 2 is 2.00 bits per heavy atom. The number of nitrogens with one attached hydrogen (secondary N) is 1. The van der Waals surface area contributed by atoms with Crippen molar-refractivity contribution in [2.45, 2.75) is 37.3 Å². The zero-order valence-corrected chi connectivity index (χ0v) is 8.06. The summed E-state index contributed by atoms with van der Waals surface area (Å²) in [5.41, 5.74) is 0. The van der Waals surface area contributed by atoms with E-state index in [4.69, 9.17) is 0 Å². The van der Waals surface area contributed by atoms with Gasteiger partial charge in [0.25, 0.3) is 0 Å². The van der Waals surface area contributed by atoms with E-state index in [1.165, 1.54) is 23.4 Å². The van der Waals surface area contributed by atoms with E-state index in [2.05, 4.69) is 25.2 Å². The molecule has 0 rings (SSSR count). The molecule has 0 unspecified atom stereocenters. The van der Waals surface area contributed by atoms with Crippen molar-refractivity contribution in [1.29, 1.82) is 0 Å². The lowest BCUT2D eigenvalue weighted by Crippen LogP contribution is -2.28. The Bertz CT molecular complexity index is 52.9.